The van der Waals surface area contributed by atoms with E-state index in [1.807, 2.05) is 0 Å². The molecule has 0 aliphatic rings. The first kappa shape index (κ1) is 16.7. The molecule has 0 unspecified atom stereocenters. The van der Waals surface area contributed by atoms with Crippen molar-refractivity contribution in [2.45, 2.75) is 6.54 Å². The fourth-order valence-electron chi connectivity index (χ4n) is 2.21. The van der Waals surface area contributed by atoms with Gasteiger partial charge in [0, 0.05) is 0 Å². The Labute approximate surface area is 151 Å². The van der Waals surface area contributed by atoms with E-state index < -0.39 is 11.7 Å². The summed E-state index contributed by atoms with van der Waals surface area (Å²) in [5, 5.41) is 0.708. The van der Waals surface area contributed by atoms with Gasteiger partial charge in [0.2, 0.25) is 0 Å². The van der Waals surface area contributed by atoms with Crippen molar-refractivity contribution in [1.82, 2.24) is 4.57 Å². The fourth-order valence-corrected chi connectivity index (χ4v) is 3.72. The Morgan fingerprint density at radius 1 is 1.29 bits per heavy atom. The van der Waals surface area contributed by atoms with Crippen molar-refractivity contribution in [3.63, 3.8) is 0 Å². The zero-order valence-electron chi connectivity index (χ0n) is 12.1. The Kier molecular flexibility index (Phi) is 4.72. The number of carbonyl (C=O) groups is 1. The van der Waals surface area contributed by atoms with Gasteiger partial charge >= 0.3 is 0 Å². The molecule has 1 amide bonds. The highest BCUT2D eigenvalue weighted by atomic mass is 35.5. The maximum absolute atomic E-state index is 13.8. The van der Waals surface area contributed by atoms with Gasteiger partial charge in [-0.2, -0.15) is 4.99 Å². The summed E-state index contributed by atoms with van der Waals surface area (Å²) in [6, 6.07) is 9.09. The maximum Gasteiger partial charge on any atom is 0.282 e. The van der Waals surface area contributed by atoms with Crippen molar-refractivity contribution in [3.05, 3.63) is 62.6 Å². The third kappa shape index (κ3) is 2.96. The van der Waals surface area contributed by atoms with Crippen LogP contribution in [0.5, 0.6) is 0 Å². The number of nitrogens with zero attached hydrogens (tertiary/aromatic N) is 2. The van der Waals surface area contributed by atoms with Crippen LogP contribution in [-0.2, 0) is 6.54 Å². The van der Waals surface area contributed by atoms with Gasteiger partial charge in [-0.25, -0.2) is 4.39 Å². The first-order valence-electron chi connectivity index (χ1n) is 6.77. The highest BCUT2D eigenvalue weighted by Crippen LogP contribution is 2.32. The molecule has 0 saturated carbocycles. The molecule has 0 fully saturated rings. The van der Waals surface area contributed by atoms with Crippen LogP contribution in [0.2, 0.25) is 10.0 Å². The Morgan fingerprint density at radius 2 is 2.04 bits per heavy atom. The number of terminal acetylenes is 1. The van der Waals surface area contributed by atoms with E-state index in [0.29, 0.717) is 20.4 Å². The van der Waals surface area contributed by atoms with Crippen molar-refractivity contribution in [2.75, 3.05) is 0 Å². The van der Waals surface area contributed by atoms with Crippen LogP contribution < -0.4 is 4.80 Å². The van der Waals surface area contributed by atoms with Gasteiger partial charge in [-0.3, -0.25) is 4.79 Å². The van der Waals surface area contributed by atoms with E-state index >= 15 is 0 Å². The van der Waals surface area contributed by atoms with Crippen LogP contribution in [0.15, 0.2) is 41.4 Å². The summed E-state index contributed by atoms with van der Waals surface area (Å²) < 4.78 is 16.2. The minimum Gasteiger partial charge on any atom is -0.303 e. The Balaban J connectivity index is 2.24. The molecule has 3 aromatic rings. The summed E-state index contributed by atoms with van der Waals surface area (Å²) >= 11 is 13.5. The number of rotatable bonds is 2. The third-order valence-corrected chi connectivity index (χ3v) is 5.12. The van der Waals surface area contributed by atoms with Crippen LogP contribution in [0, 0.1) is 18.2 Å². The predicted octanol–water partition coefficient (Wildman–Crippen LogP) is 4.52. The Morgan fingerprint density at radius 3 is 2.75 bits per heavy atom. The highest BCUT2D eigenvalue weighted by molar-refractivity contribution is 7.16. The van der Waals surface area contributed by atoms with Crippen molar-refractivity contribution in [3.8, 4) is 12.3 Å². The largest absolute Gasteiger partial charge is 0.303 e. The van der Waals surface area contributed by atoms with Gasteiger partial charge in [0.05, 0.1) is 32.4 Å². The first-order chi connectivity index (χ1) is 11.5. The number of carbonyl (C=O) groups excluding carboxylic acids is 1. The molecule has 0 radical (unpaired) electrons. The quantitative estimate of drug-likeness (QED) is 0.603. The molecule has 2 aromatic carbocycles. The normalized spacial score (nSPS) is 11.7. The number of halogens is 3. The number of hydrogen-bond acceptors (Lipinski definition) is 2. The summed E-state index contributed by atoms with van der Waals surface area (Å²) in [6.45, 7) is 0.156. The molecule has 3 rings (SSSR count). The zero-order valence-corrected chi connectivity index (χ0v) is 14.4. The average molecular weight is 379 g/mol. The minimum absolute atomic E-state index is 0.105. The van der Waals surface area contributed by atoms with Crippen molar-refractivity contribution in [2.24, 2.45) is 4.99 Å². The van der Waals surface area contributed by atoms with E-state index in [9.17, 15) is 9.18 Å². The molecule has 1 aromatic heterocycles. The van der Waals surface area contributed by atoms with Gasteiger partial charge in [0.1, 0.15) is 5.82 Å². The second-order valence-electron chi connectivity index (χ2n) is 4.78. The van der Waals surface area contributed by atoms with Gasteiger partial charge in [-0.15, -0.1) is 6.42 Å². The molecule has 1 heterocycles. The van der Waals surface area contributed by atoms with Gasteiger partial charge in [-0.1, -0.05) is 52.6 Å². The molecule has 0 saturated heterocycles. The molecule has 0 bridgehead atoms. The molecule has 120 valence electrons. The lowest BCUT2D eigenvalue weighted by molar-refractivity contribution is 0.0994. The molecule has 0 N–H and O–H groups in total. The SMILES string of the molecule is C#CCn1c(=NC(=O)c2ccccc2F)sc2ccc(Cl)c(Cl)c21. The molecular weight excluding hydrogens is 370 g/mol. The van der Waals surface area contributed by atoms with Crippen molar-refractivity contribution >= 4 is 50.7 Å². The molecule has 0 aliphatic carbocycles. The molecule has 7 heteroatoms. The van der Waals surface area contributed by atoms with E-state index in [2.05, 4.69) is 10.9 Å². The zero-order chi connectivity index (χ0) is 17.3. The molecular formula is C17H9Cl2FN2OS. The van der Waals surface area contributed by atoms with Crippen molar-refractivity contribution < 1.29 is 9.18 Å². The second-order valence-corrected chi connectivity index (χ2v) is 6.57. The lowest BCUT2D eigenvalue weighted by Crippen LogP contribution is -2.17. The predicted molar refractivity (Wildman–Crippen MR) is 95.0 cm³/mol. The average Bonchev–Trinajstić information content (AvgIpc) is 2.90. The van der Waals surface area contributed by atoms with Crippen LogP contribution in [0.3, 0.4) is 0 Å². The third-order valence-electron chi connectivity index (χ3n) is 3.28. The van der Waals surface area contributed by atoms with Gasteiger partial charge < -0.3 is 4.57 Å². The number of fused-ring (bicyclic) bond motifs is 1. The lowest BCUT2D eigenvalue weighted by Gasteiger charge is -2.03. The lowest BCUT2D eigenvalue weighted by atomic mass is 10.2. The standard InChI is InChI=1S/C17H9Cl2FN2OS/c1-2-9-22-15-13(8-7-11(18)14(15)19)24-17(22)21-16(23)10-5-3-4-6-12(10)20/h1,3-8H,9H2. The second kappa shape index (κ2) is 6.78. The minimum atomic E-state index is -0.687. The summed E-state index contributed by atoms with van der Waals surface area (Å²) in [7, 11) is 0. The van der Waals surface area contributed by atoms with Crippen LogP contribution in [0.4, 0.5) is 4.39 Å². The molecule has 24 heavy (non-hydrogen) atoms. The van der Waals surface area contributed by atoms with Gasteiger partial charge in [0.25, 0.3) is 5.91 Å². The summed E-state index contributed by atoms with van der Waals surface area (Å²) in [5.74, 6) is 1.18. The van der Waals surface area contributed by atoms with E-state index in [1.165, 1.54) is 29.5 Å². The van der Waals surface area contributed by atoms with Crippen LogP contribution in [0.25, 0.3) is 10.2 Å². The molecule has 0 spiro atoms. The van der Waals surface area contributed by atoms with Crippen LogP contribution in [0.1, 0.15) is 10.4 Å². The van der Waals surface area contributed by atoms with Crippen molar-refractivity contribution in [1.29, 1.82) is 0 Å². The van der Waals surface area contributed by atoms with Gasteiger partial charge in [-0.05, 0) is 24.3 Å². The number of hydrogen-bond donors (Lipinski definition) is 0. The number of thiazole rings is 1. The molecule has 0 aliphatic heterocycles. The number of amides is 1. The number of aromatic nitrogens is 1. The van der Waals surface area contributed by atoms with Crippen LogP contribution >= 0.6 is 34.5 Å². The van der Waals surface area contributed by atoms with E-state index in [0.717, 1.165) is 4.70 Å². The fraction of sp³-hybridized carbons (Fsp3) is 0.0588. The summed E-state index contributed by atoms with van der Waals surface area (Å²) in [4.78, 5) is 16.7. The molecule has 3 nitrogen and oxygen atoms in total. The summed E-state index contributed by atoms with van der Waals surface area (Å²) in [5.41, 5.74) is 0.499. The maximum atomic E-state index is 13.8. The topological polar surface area (TPSA) is 34.4 Å². The van der Waals surface area contributed by atoms with E-state index in [-0.39, 0.29) is 12.1 Å². The number of benzene rings is 2. The Hall–Kier alpha value is -2.13. The monoisotopic (exact) mass is 378 g/mol. The smallest absolute Gasteiger partial charge is 0.282 e. The van der Waals surface area contributed by atoms with E-state index in [1.54, 1.807) is 22.8 Å². The first-order valence-corrected chi connectivity index (χ1v) is 8.34. The summed E-state index contributed by atoms with van der Waals surface area (Å²) in [6.07, 6.45) is 5.40. The van der Waals surface area contributed by atoms with Gasteiger partial charge in [0.15, 0.2) is 4.80 Å². The Bertz CT molecular complexity index is 1060. The highest BCUT2D eigenvalue weighted by Gasteiger charge is 2.14. The molecule has 0 atom stereocenters. The van der Waals surface area contributed by atoms with E-state index in [4.69, 9.17) is 29.6 Å². The van der Waals surface area contributed by atoms with Crippen LogP contribution in [-0.4, -0.2) is 10.5 Å².